The van der Waals surface area contributed by atoms with Gasteiger partial charge >= 0.3 is 0 Å². The van der Waals surface area contributed by atoms with Crippen LogP contribution in [-0.4, -0.2) is 31.6 Å². The first-order valence-corrected chi connectivity index (χ1v) is 6.82. The summed E-state index contributed by atoms with van der Waals surface area (Å²) in [6.45, 7) is 9.93. The summed E-state index contributed by atoms with van der Waals surface area (Å²) in [6.07, 6.45) is 1.04. The van der Waals surface area contributed by atoms with E-state index >= 15 is 0 Å². The fraction of sp³-hybridized carbons (Fsp3) is 0.625. The molecule has 0 amide bonds. The predicted molar refractivity (Wildman–Crippen MR) is 78.6 cm³/mol. The standard InChI is InChI=1S/C16H27NO/c1-12(2)15-8-7-14(16(11-15)18-6)9-10-17(5)13(3)4/h7-8,11-13H,9-10H2,1-6H3. The summed E-state index contributed by atoms with van der Waals surface area (Å²) in [5.74, 6) is 1.57. The molecule has 0 unspecified atom stereocenters. The number of rotatable bonds is 6. The molecule has 0 bridgehead atoms. The molecule has 0 fully saturated rings. The van der Waals surface area contributed by atoms with E-state index in [1.54, 1.807) is 7.11 Å². The summed E-state index contributed by atoms with van der Waals surface area (Å²) < 4.78 is 5.51. The molecule has 1 aromatic rings. The van der Waals surface area contributed by atoms with Crippen molar-refractivity contribution in [3.8, 4) is 5.75 Å². The molecule has 102 valence electrons. The van der Waals surface area contributed by atoms with Crippen molar-refractivity contribution in [1.82, 2.24) is 4.90 Å². The van der Waals surface area contributed by atoms with Crippen molar-refractivity contribution in [1.29, 1.82) is 0 Å². The van der Waals surface area contributed by atoms with Crippen molar-refractivity contribution in [3.63, 3.8) is 0 Å². The van der Waals surface area contributed by atoms with Crippen LogP contribution < -0.4 is 4.74 Å². The van der Waals surface area contributed by atoms with Crippen LogP contribution in [0.4, 0.5) is 0 Å². The van der Waals surface area contributed by atoms with Gasteiger partial charge in [0.25, 0.3) is 0 Å². The van der Waals surface area contributed by atoms with Gasteiger partial charge in [0, 0.05) is 12.6 Å². The molecule has 0 aliphatic heterocycles. The Kier molecular flexibility index (Phi) is 5.67. The third-order valence-electron chi connectivity index (χ3n) is 3.59. The smallest absolute Gasteiger partial charge is 0.122 e. The molecule has 18 heavy (non-hydrogen) atoms. The summed E-state index contributed by atoms with van der Waals surface area (Å²) in [6, 6.07) is 7.20. The number of hydrogen-bond donors (Lipinski definition) is 0. The van der Waals surface area contributed by atoms with Gasteiger partial charge in [-0.2, -0.15) is 0 Å². The molecular formula is C16H27NO. The summed E-state index contributed by atoms with van der Waals surface area (Å²) >= 11 is 0. The van der Waals surface area contributed by atoms with E-state index in [-0.39, 0.29) is 0 Å². The Morgan fingerprint density at radius 1 is 1.17 bits per heavy atom. The highest BCUT2D eigenvalue weighted by atomic mass is 16.5. The molecule has 0 spiro atoms. The van der Waals surface area contributed by atoms with Gasteiger partial charge in [0.2, 0.25) is 0 Å². The van der Waals surface area contributed by atoms with E-state index in [2.05, 4.69) is 57.8 Å². The van der Waals surface area contributed by atoms with Crippen LogP contribution in [0.1, 0.15) is 44.7 Å². The first-order chi connectivity index (χ1) is 8.45. The number of nitrogens with zero attached hydrogens (tertiary/aromatic N) is 1. The summed E-state index contributed by atoms with van der Waals surface area (Å²) in [5.41, 5.74) is 2.64. The van der Waals surface area contributed by atoms with Crippen molar-refractivity contribution in [2.45, 2.75) is 46.1 Å². The summed E-state index contributed by atoms with van der Waals surface area (Å²) in [7, 11) is 3.93. The minimum absolute atomic E-state index is 0.547. The Hall–Kier alpha value is -1.02. The molecule has 1 rings (SSSR count). The number of ether oxygens (including phenoxy) is 1. The summed E-state index contributed by atoms with van der Waals surface area (Å²) in [4.78, 5) is 2.36. The van der Waals surface area contributed by atoms with E-state index in [1.807, 2.05) is 0 Å². The zero-order chi connectivity index (χ0) is 13.7. The van der Waals surface area contributed by atoms with Crippen LogP contribution in [0, 0.1) is 0 Å². The van der Waals surface area contributed by atoms with E-state index < -0.39 is 0 Å². The van der Waals surface area contributed by atoms with Crippen LogP contribution in [0.15, 0.2) is 18.2 Å². The number of benzene rings is 1. The first-order valence-electron chi connectivity index (χ1n) is 6.82. The van der Waals surface area contributed by atoms with Gasteiger partial charge in [-0.25, -0.2) is 0 Å². The first kappa shape index (κ1) is 15.0. The molecule has 0 N–H and O–H groups in total. The predicted octanol–water partition coefficient (Wildman–Crippen LogP) is 3.70. The van der Waals surface area contributed by atoms with Crippen LogP contribution in [0.3, 0.4) is 0 Å². The molecule has 0 saturated carbocycles. The van der Waals surface area contributed by atoms with E-state index in [1.165, 1.54) is 11.1 Å². The van der Waals surface area contributed by atoms with Crippen LogP contribution in [0.2, 0.25) is 0 Å². The minimum atomic E-state index is 0.547. The average molecular weight is 249 g/mol. The van der Waals surface area contributed by atoms with E-state index in [0.29, 0.717) is 12.0 Å². The summed E-state index contributed by atoms with van der Waals surface area (Å²) in [5, 5.41) is 0. The van der Waals surface area contributed by atoms with Crippen molar-refractivity contribution >= 4 is 0 Å². The Morgan fingerprint density at radius 2 is 1.83 bits per heavy atom. The highest BCUT2D eigenvalue weighted by molar-refractivity contribution is 5.38. The van der Waals surface area contributed by atoms with Crippen LogP contribution in [-0.2, 0) is 6.42 Å². The maximum Gasteiger partial charge on any atom is 0.122 e. The lowest BCUT2D eigenvalue weighted by molar-refractivity contribution is 0.276. The third kappa shape index (κ3) is 4.02. The number of likely N-dealkylation sites (N-methyl/N-ethyl adjacent to an activating group) is 1. The second-order valence-electron chi connectivity index (χ2n) is 5.55. The topological polar surface area (TPSA) is 12.5 Å². The normalized spacial score (nSPS) is 11.6. The van der Waals surface area contributed by atoms with Gasteiger partial charge in [-0.15, -0.1) is 0 Å². The fourth-order valence-electron chi connectivity index (χ4n) is 1.88. The number of hydrogen-bond acceptors (Lipinski definition) is 2. The highest BCUT2D eigenvalue weighted by Crippen LogP contribution is 2.25. The maximum atomic E-state index is 5.51. The molecule has 0 saturated heterocycles. The molecule has 0 atom stereocenters. The largest absolute Gasteiger partial charge is 0.496 e. The van der Waals surface area contributed by atoms with Gasteiger partial charge in [-0.1, -0.05) is 26.0 Å². The molecule has 0 aliphatic carbocycles. The monoisotopic (exact) mass is 249 g/mol. The fourth-order valence-corrected chi connectivity index (χ4v) is 1.88. The third-order valence-corrected chi connectivity index (χ3v) is 3.59. The van der Waals surface area contributed by atoms with E-state index in [0.717, 1.165) is 18.7 Å². The minimum Gasteiger partial charge on any atom is -0.496 e. The van der Waals surface area contributed by atoms with Gasteiger partial charge in [0.1, 0.15) is 5.75 Å². The molecule has 0 aromatic heterocycles. The highest BCUT2D eigenvalue weighted by Gasteiger charge is 2.09. The van der Waals surface area contributed by atoms with Gasteiger partial charge < -0.3 is 9.64 Å². The van der Waals surface area contributed by atoms with E-state index in [4.69, 9.17) is 4.74 Å². The van der Waals surface area contributed by atoms with Crippen molar-refractivity contribution in [2.75, 3.05) is 20.7 Å². The second kappa shape index (κ2) is 6.79. The van der Waals surface area contributed by atoms with E-state index in [9.17, 15) is 0 Å². The second-order valence-corrected chi connectivity index (χ2v) is 5.55. The average Bonchev–Trinajstić information content (AvgIpc) is 2.35. The molecule has 0 aliphatic rings. The Balaban J connectivity index is 2.77. The molecule has 0 heterocycles. The molecule has 2 nitrogen and oxygen atoms in total. The lowest BCUT2D eigenvalue weighted by atomic mass is 9.99. The van der Waals surface area contributed by atoms with Crippen LogP contribution >= 0.6 is 0 Å². The Labute approximate surface area is 112 Å². The van der Waals surface area contributed by atoms with Gasteiger partial charge in [-0.3, -0.25) is 0 Å². The zero-order valence-corrected chi connectivity index (χ0v) is 12.7. The lowest BCUT2D eigenvalue weighted by Crippen LogP contribution is -2.28. The lowest BCUT2D eigenvalue weighted by Gasteiger charge is -2.21. The van der Waals surface area contributed by atoms with Crippen molar-refractivity contribution < 1.29 is 4.74 Å². The van der Waals surface area contributed by atoms with Gasteiger partial charge in [0.15, 0.2) is 0 Å². The van der Waals surface area contributed by atoms with Crippen LogP contribution in [0.5, 0.6) is 5.75 Å². The Morgan fingerprint density at radius 3 is 2.33 bits per heavy atom. The molecular weight excluding hydrogens is 222 g/mol. The van der Waals surface area contributed by atoms with Gasteiger partial charge in [0.05, 0.1) is 7.11 Å². The zero-order valence-electron chi connectivity index (χ0n) is 12.7. The van der Waals surface area contributed by atoms with Crippen molar-refractivity contribution in [3.05, 3.63) is 29.3 Å². The maximum absolute atomic E-state index is 5.51. The van der Waals surface area contributed by atoms with Crippen molar-refractivity contribution in [2.24, 2.45) is 0 Å². The quantitative estimate of drug-likeness (QED) is 0.762. The molecule has 0 radical (unpaired) electrons. The molecule has 2 heteroatoms. The SMILES string of the molecule is COc1cc(C(C)C)ccc1CCN(C)C(C)C. The Bertz CT molecular complexity index is 371. The van der Waals surface area contributed by atoms with Gasteiger partial charge in [-0.05, 0) is 50.4 Å². The van der Waals surface area contributed by atoms with Crippen LogP contribution in [0.25, 0.3) is 0 Å². The molecule has 1 aromatic carbocycles. The number of methoxy groups -OCH3 is 1.